The molecule has 1 aromatic carbocycles. The fourth-order valence-corrected chi connectivity index (χ4v) is 2.34. The van der Waals surface area contributed by atoms with Crippen LogP contribution in [0.2, 0.25) is 0 Å². The summed E-state index contributed by atoms with van der Waals surface area (Å²) in [6.45, 7) is 2.59. The fraction of sp³-hybridized carbons (Fsp3) is 0.357. The topological polar surface area (TPSA) is 92.2 Å². The van der Waals surface area contributed by atoms with E-state index in [2.05, 4.69) is 15.3 Å². The van der Waals surface area contributed by atoms with Crippen LogP contribution in [0.15, 0.2) is 24.5 Å². The number of carboxylic acids is 1. The van der Waals surface area contributed by atoms with E-state index in [-0.39, 0.29) is 10.8 Å². The first kappa shape index (κ1) is 15.4. The summed E-state index contributed by atoms with van der Waals surface area (Å²) in [6.07, 6.45) is 3.86. The summed E-state index contributed by atoms with van der Waals surface area (Å²) in [5.41, 5.74) is 0.779. The highest BCUT2D eigenvalue weighted by molar-refractivity contribution is 7.84. The van der Waals surface area contributed by atoms with E-state index in [0.29, 0.717) is 17.9 Å². The first-order chi connectivity index (χ1) is 9.99. The van der Waals surface area contributed by atoms with Gasteiger partial charge in [-0.05, 0) is 24.6 Å². The molecule has 2 N–H and O–H groups in total. The van der Waals surface area contributed by atoms with Crippen LogP contribution in [0.3, 0.4) is 0 Å². The quantitative estimate of drug-likeness (QED) is 0.847. The highest BCUT2D eigenvalue weighted by atomic mass is 32.2. The number of carbonyl (C=O) groups is 1. The van der Waals surface area contributed by atoms with Gasteiger partial charge in [0.2, 0.25) is 0 Å². The molecule has 2 rings (SSSR count). The van der Waals surface area contributed by atoms with Gasteiger partial charge in [0.1, 0.15) is 12.1 Å². The van der Waals surface area contributed by atoms with Crippen molar-refractivity contribution in [3.63, 3.8) is 0 Å². The summed E-state index contributed by atoms with van der Waals surface area (Å²) in [6, 6.07) is 4.75. The summed E-state index contributed by atoms with van der Waals surface area (Å²) in [4.78, 5) is 19.2. The second-order valence-corrected chi connectivity index (χ2v) is 6.59. The van der Waals surface area contributed by atoms with Crippen molar-refractivity contribution in [2.24, 2.45) is 0 Å². The van der Waals surface area contributed by atoms with Crippen LogP contribution >= 0.6 is 0 Å². The second-order valence-electron chi connectivity index (χ2n) is 4.78. The maximum absolute atomic E-state index is 11.3. The van der Waals surface area contributed by atoms with E-state index in [1.54, 1.807) is 12.3 Å². The Balaban J connectivity index is 2.17. The minimum Gasteiger partial charge on any atom is -0.478 e. The largest absolute Gasteiger partial charge is 0.478 e. The average Bonchev–Trinajstić information content (AvgIpc) is 2.46. The number of anilines is 1. The summed E-state index contributed by atoms with van der Waals surface area (Å²) in [7, 11) is -0.842. The third-order valence-electron chi connectivity index (χ3n) is 3.29. The number of aromatic nitrogens is 2. The molecule has 0 aliphatic heterocycles. The van der Waals surface area contributed by atoms with Crippen LogP contribution < -0.4 is 5.32 Å². The standard InChI is InChI=1S/C14H17N3O3S/c1-9(21(2)20)5-6-15-13-11-4-3-10(14(18)19)7-12(11)16-8-17-13/h3-4,7-9H,5-6H2,1-2H3,(H,18,19)(H,15,16,17). The van der Waals surface area contributed by atoms with Crippen molar-refractivity contribution in [2.75, 3.05) is 18.1 Å². The van der Waals surface area contributed by atoms with Crippen molar-refractivity contribution >= 4 is 33.5 Å². The van der Waals surface area contributed by atoms with E-state index < -0.39 is 16.8 Å². The van der Waals surface area contributed by atoms with Gasteiger partial charge in [-0.25, -0.2) is 14.8 Å². The van der Waals surface area contributed by atoms with Crippen LogP contribution in [-0.4, -0.2) is 43.3 Å². The Bertz CT molecular complexity index is 690. The number of rotatable bonds is 6. The van der Waals surface area contributed by atoms with Crippen LogP contribution in [0.25, 0.3) is 10.9 Å². The molecule has 112 valence electrons. The van der Waals surface area contributed by atoms with E-state index in [0.717, 1.165) is 11.8 Å². The van der Waals surface area contributed by atoms with Crippen LogP contribution in [0.1, 0.15) is 23.7 Å². The molecule has 0 aliphatic rings. The molecule has 0 aliphatic carbocycles. The maximum atomic E-state index is 11.3. The molecule has 2 atom stereocenters. The number of hydrogen-bond acceptors (Lipinski definition) is 5. The van der Waals surface area contributed by atoms with E-state index in [1.807, 2.05) is 6.92 Å². The van der Waals surface area contributed by atoms with Crippen molar-refractivity contribution in [3.05, 3.63) is 30.1 Å². The minimum atomic E-state index is -0.982. The molecule has 0 radical (unpaired) electrons. The van der Waals surface area contributed by atoms with Gasteiger partial charge in [0.15, 0.2) is 0 Å². The highest BCUT2D eigenvalue weighted by Crippen LogP contribution is 2.20. The number of benzene rings is 1. The molecule has 1 heterocycles. The summed E-state index contributed by atoms with van der Waals surface area (Å²) in [5, 5.41) is 13.1. The van der Waals surface area contributed by atoms with Crippen LogP contribution in [0.5, 0.6) is 0 Å². The van der Waals surface area contributed by atoms with E-state index in [1.165, 1.54) is 18.5 Å². The molecule has 0 amide bonds. The Labute approximate surface area is 125 Å². The van der Waals surface area contributed by atoms with Gasteiger partial charge in [-0.3, -0.25) is 4.21 Å². The van der Waals surface area contributed by atoms with Gasteiger partial charge in [-0.15, -0.1) is 0 Å². The molecule has 0 saturated carbocycles. The van der Waals surface area contributed by atoms with Crippen molar-refractivity contribution < 1.29 is 14.1 Å². The molecule has 2 unspecified atom stereocenters. The lowest BCUT2D eigenvalue weighted by Gasteiger charge is -2.11. The fourth-order valence-electron chi connectivity index (χ4n) is 1.89. The number of hydrogen-bond donors (Lipinski definition) is 2. The molecule has 1 aromatic heterocycles. The summed E-state index contributed by atoms with van der Waals surface area (Å²) >= 11 is 0. The predicted molar refractivity (Wildman–Crippen MR) is 83.1 cm³/mol. The molecule has 6 nitrogen and oxygen atoms in total. The molecule has 7 heteroatoms. The molecule has 0 fully saturated rings. The maximum Gasteiger partial charge on any atom is 0.335 e. The van der Waals surface area contributed by atoms with Gasteiger partial charge < -0.3 is 10.4 Å². The van der Waals surface area contributed by atoms with Gasteiger partial charge in [0.05, 0.1) is 11.1 Å². The second kappa shape index (κ2) is 6.62. The number of aromatic carboxylic acids is 1. The number of fused-ring (bicyclic) bond motifs is 1. The zero-order chi connectivity index (χ0) is 15.4. The van der Waals surface area contributed by atoms with Gasteiger partial charge in [0.25, 0.3) is 0 Å². The molecule has 0 spiro atoms. The first-order valence-electron chi connectivity index (χ1n) is 6.53. The number of nitrogens with zero attached hydrogens (tertiary/aromatic N) is 2. The first-order valence-corrected chi connectivity index (χ1v) is 8.15. The van der Waals surface area contributed by atoms with Crippen molar-refractivity contribution in [1.29, 1.82) is 0 Å². The van der Waals surface area contributed by atoms with Crippen LogP contribution in [-0.2, 0) is 10.8 Å². The third kappa shape index (κ3) is 3.75. The van der Waals surface area contributed by atoms with Gasteiger partial charge in [-0.1, -0.05) is 6.92 Å². The summed E-state index contributed by atoms with van der Waals surface area (Å²) in [5.74, 6) is -0.324. The van der Waals surface area contributed by atoms with Crippen LogP contribution in [0.4, 0.5) is 5.82 Å². The van der Waals surface area contributed by atoms with Crippen LogP contribution in [0, 0.1) is 0 Å². The predicted octanol–water partition coefficient (Wildman–Crippen LogP) is 1.90. The highest BCUT2D eigenvalue weighted by Gasteiger charge is 2.09. The van der Waals surface area contributed by atoms with Crippen molar-refractivity contribution in [1.82, 2.24) is 9.97 Å². The molecule has 2 aromatic rings. The SMILES string of the molecule is CC(CCNc1ncnc2cc(C(=O)O)ccc12)S(C)=O. The molecule has 21 heavy (non-hydrogen) atoms. The lowest BCUT2D eigenvalue weighted by Crippen LogP contribution is -2.15. The van der Waals surface area contributed by atoms with Crippen molar-refractivity contribution in [2.45, 2.75) is 18.6 Å². The van der Waals surface area contributed by atoms with E-state index in [9.17, 15) is 9.00 Å². The zero-order valence-corrected chi connectivity index (χ0v) is 12.7. The van der Waals surface area contributed by atoms with Crippen molar-refractivity contribution in [3.8, 4) is 0 Å². The smallest absolute Gasteiger partial charge is 0.335 e. The van der Waals surface area contributed by atoms with Gasteiger partial charge in [-0.2, -0.15) is 0 Å². The third-order valence-corrected chi connectivity index (χ3v) is 4.66. The van der Waals surface area contributed by atoms with Gasteiger partial charge >= 0.3 is 5.97 Å². The Hall–Kier alpha value is -2.02. The lowest BCUT2D eigenvalue weighted by molar-refractivity contribution is 0.0697. The molecule has 0 bridgehead atoms. The van der Waals surface area contributed by atoms with E-state index in [4.69, 9.17) is 5.11 Å². The zero-order valence-electron chi connectivity index (χ0n) is 11.9. The Kier molecular flexibility index (Phi) is 4.85. The monoisotopic (exact) mass is 307 g/mol. The molecular formula is C14H17N3O3S. The number of nitrogens with one attached hydrogen (secondary N) is 1. The van der Waals surface area contributed by atoms with E-state index >= 15 is 0 Å². The Morgan fingerprint density at radius 2 is 2.19 bits per heavy atom. The average molecular weight is 307 g/mol. The normalized spacial score (nSPS) is 13.8. The molecule has 0 saturated heterocycles. The summed E-state index contributed by atoms with van der Waals surface area (Å²) < 4.78 is 11.3. The molecular weight excluding hydrogens is 290 g/mol. The van der Waals surface area contributed by atoms with Gasteiger partial charge in [0, 0.05) is 34.2 Å². The Morgan fingerprint density at radius 3 is 2.86 bits per heavy atom. The lowest BCUT2D eigenvalue weighted by atomic mass is 10.1. The minimum absolute atomic E-state index is 0.115. The Morgan fingerprint density at radius 1 is 1.43 bits per heavy atom. The number of carboxylic acid groups (broad SMARTS) is 1.